The van der Waals surface area contributed by atoms with Gasteiger partial charge in [0, 0.05) is 12.2 Å². The monoisotopic (exact) mass is 363 g/mol. The van der Waals surface area contributed by atoms with Gasteiger partial charge in [-0.05, 0) is 12.1 Å². The second-order valence-corrected chi connectivity index (χ2v) is 4.78. The van der Waals surface area contributed by atoms with Crippen molar-refractivity contribution in [3.8, 4) is 5.75 Å². The number of alkyl carbamates (subject to hydrolysis) is 1. The number of rotatable bonds is 11. The number of para-hydroxylation sites is 1. The van der Waals surface area contributed by atoms with Crippen molar-refractivity contribution < 1.29 is 33.3 Å². The van der Waals surface area contributed by atoms with Crippen molar-refractivity contribution in [2.45, 2.75) is 6.10 Å². The second kappa shape index (κ2) is 12.1. The predicted octanol–water partition coefficient (Wildman–Crippen LogP) is 1.62. The zero-order chi connectivity index (χ0) is 19.2. The van der Waals surface area contributed by atoms with E-state index in [1.807, 2.05) is 6.07 Å². The first-order chi connectivity index (χ1) is 12.5. The fourth-order valence-corrected chi connectivity index (χ4v) is 1.61. The molecule has 0 aliphatic carbocycles. The van der Waals surface area contributed by atoms with Crippen molar-refractivity contribution in [2.75, 3.05) is 26.4 Å². The third kappa shape index (κ3) is 9.11. The highest BCUT2D eigenvalue weighted by atomic mass is 16.6. The molecule has 140 valence electrons. The molecule has 0 aliphatic heterocycles. The molecule has 1 amide bonds. The molecule has 0 spiro atoms. The molecule has 8 heteroatoms. The molecule has 0 saturated heterocycles. The summed E-state index contributed by atoms with van der Waals surface area (Å²) >= 11 is 0. The third-order valence-electron chi connectivity index (χ3n) is 2.81. The summed E-state index contributed by atoms with van der Waals surface area (Å²) in [5.41, 5.74) is 0. The lowest BCUT2D eigenvalue weighted by molar-refractivity contribution is -0.141. The van der Waals surface area contributed by atoms with Crippen LogP contribution in [0.5, 0.6) is 5.75 Å². The van der Waals surface area contributed by atoms with Crippen molar-refractivity contribution in [3.05, 3.63) is 55.6 Å². The highest BCUT2D eigenvalue weighted by Gasteiger charge is 2.17. The minimum Gasteiger partial charge on any atom is -0.490 e. The maximum atomic E-state index is 11.8. The lowest BCUT2D eigenvalue weighted by atomic mass is 10.3. The highest BCUT2D eigenvalue weighted by molar-refractivity contribution is 5.81. The van der Waals surface area contributed by atoms with E-state index in [2.05, 4.69) is 18.5 Å². The van der Waals surface area contributed by atoms with Crippen molar-refractivity contribution in [2.24, 2.45) is 0 Å². The van der Waals surface area contributed by atoms with E-state index in [1.54, 1.807) is 24.3 Å². The fourth-order valence-electron chi connectivity index (χ4n) is 1.61. The number of carbonyl (C=O) groups excluding carboxylic acids is 3. The Balaban J connectivity index is 2.44. The van der Waals surface area contributed by atoms with Gasteiger partial charge in [0.25, 0.3) is 0 Å². The van der Waals surface area contributed by atoms with Crippen LogP contribution in [0.25, 0.3) is 0 Å². The largest absolute Gasteiger partial charge is 0.490 e. The number of hydrogen-bond acceptors (Lipinski definition) is 7. The Kier molecular flexibility index (Phi) is 9.68. The molecule has 8 nitrogen and oxygen atoms in total. The van der Waals surface area contributed by atoms with Crippen LogP contribution in [0.2, 0.25) is 0 Å². The standard InChI is InChI=1S/C18H21NO7/c1-3-16(20)23-11-10-19-18(22)26-15(13-25-17(21)4-2)12-24-14-8-6-5-7-9-14/h3-9,15H,1-2,10-13H2,(H,19,22). The van der Waals surface area contributed by atoms with E-state index in [-0.39, 0.29) is 26.4 Å². The average Bonchev–Trinajstić information content (AvgIpc) is 2.67. The number of nitrogens with one attached hydrogen (secondary N) is 1. The molecular weight excluding hydrogens is 342 g/mol. The van der Waals surface area contributed by atoms with Crippen molar-refractivity contribution in [1.29, 1.82) is 0 Å². The molecule has 1 N–H and O–H groups in total. The summed E-state index contributed by atoms with van der Waals surface area (Å²) in [6, 6.07) is 8.89. The van der Waals surface area contributed by atoms with Gasteiger partial charge in [0.15, 0.2) is 6.10 Å². The Morgan fingerprint density at radius 1 is 1.00 bits per heavy atom. The predicted molar refractivity (Wildman–Crippen MR) is 92.5 cm³/mol. The first-order valence-electron chi connectivity index (χ1n) is 7.76. The molecule has 26 heavy (non-hydrogen) atoms. The summed E-state index contributed by atoms with van der Waals surface area (Å²) in [7, 11) is 0. The van der Waals surface area contributed by atoms with Crippen LogP contribution in [0.1, 0.15) is 0 Å². The number of carbonyl (C=O) groups is 3. The Hall–Kier alpha value is -3.29. The van der Waals surface area contributed by atoms with Crippen molar-refractivity contribution in [3.63, 3.8) is 0 Å². The quantitative estimate of drug-likeness (QED) is 0.276. The summed E-state index contributed by atoms with van der Waals surface area (Å²) in [6.45, 7) is 6.35. The van der Waals surface area contributed by atoms with Gasteiger partial charge in [-0.15, -0.1) is 0 Å². The number of amides is 1. The molecule has 0 saturated carbocycles. The maximum Gasteiger partial charge on any atom is 0.407 e. The number of benzene rings is 1. The summed E-state index contributed by atoms with van der Waals surface area (Å²) in [6.07, 6.45) is 0.414. The summed E-state index contributed by atoms with van der Waals surface area (Å²) in [4.78, 5) is 33.8. The second-order valence-electron chi connectivity index (χ2n) is 4.78. The minimum atomic E-state index is -0.838. The molecular formula is C18H21NO7. The van der Waals surface area contributed by atoms with Crippen LogP contribution in [0.3, 0.4) is 0 Å². The fraction of sp³-hybridized carbons (Fsp3) is 0.278. The summed E-state index contributed by atoms with van der Waals surface area (Å²) in [5.74, 6) is -0.659. The zero-order valence-corrected chi connectivity index (χ0v) is 14.2. The minimum absolute atomic E-state index is 0.0205. The molecule has 1 unspecified atom stereocenters. The van der Waals surface area contributed by atoms with Crippen molar-refractivity contribution >= 4 is 18.0 Å². The normalized spacial score (nSPS) is 10.8. The zero-order valence-electron chi connectivity index (χ0n) is 14.2. The Morgan fingerprint density at radius 3 is 2.31 bits per heavy atom. The smallest absolute Gasteiger partial charge is 0.407 e. The molecule has 1 atom stereocenters. The SMILES string of the molecule is C=CC(=O)OCCNC(=O)OC(COC(=O)C=C)COc1ccccc1. The van der Waals surface area contributed by atoms with E-state index in [9.17, 15) is 14.4 Å². The number of hydrogen-bond donors (Lipinski definition) is 1. The van der Waals surface area contributed by atoms with E-state index < -0.39 is 24.1 Å². The Morgan fingerprint density at radius 2 is 1.65 bits per heavy atom. The first-order valence-corrected chi connectivity index (χ1v) is 7.76. The molecule has 0 bridgehead atoms. The molecule has 1 aromatic carbocycles. The highest BCUT2D eigenvalue weighted by Crippen LogP contribution is 2.09. The summed E-state index contributed by atoms with van der Waals surface area (Å²) < 4.78 is 20.3. The Labute approximate surface area is 151 Å². The number of ether oxygens (including phenoxy) is 4. The lowest BCUT2D eigenvalue weighted by Gasteiger charge is -2.18. The van der Waals surface area contributed by atoms with E-state index in [0.29, 0.717) is 5.75 Å². The van der Waals surface area contributed by atoms with Crippen LogP contribution in [-0.4, -0.2) is 50.5 Å². The van der Waals surface area contributed by atoms with Gasteiger partial charge < -0.3 is 24.3 Å². The molecule has 1 aromatic rings. The van der Waals surface area contributed by atoms with E-state index >= 15 is 0 Å². The molecule has 0 fully saturated rings. The van der Waals surface area contributed by atoms with Gasteiger partial charge in [0.2, 0.25) is 0 Å². The van der Waals surface area contributed by atoms with Gasteiger partial charge in [-0.3, -0.25) is 0 Å². The Bertz CT molecular complexity index is 615. The van der Waals surface area contributed by atoms with Crippen LogP contribution >= 0.6 is 0 Å². The lowest BCUT2D eigenvalue weighted by Crippen LogP contribution is -2.36. The topological polar surface area (TPSA) is 100 Å². The van der Waals surface area contributed by atoms with Crippen LogP contribution < -0.4 is 10.1 Å². The summed E-state index contributed by atoms with van der Waals surface area (Å²) in [5, 5.41) is 2.40. The first kappa shape index (κ1) is 20.8. The van der Waals surface area contributed by atoms with Gasteiger partial charge in [-0.25, -0.2) is 14.4 Å². The van der Waals surface area contributed by atoms with Crippen LogP contribution in [0.4, 0.5) is 4.79 Å². The van der Waals surface area contributed by atoms with Gasteiger partial charge in [-0.1, -0.05) is 31.4 Å². The molecule has 0 heterocycles. The van der Waals surface area contributed by atoms with Gasteiger partial charge in [0.1, 0.15) is 25.6 Å². The average molecular weight is 363 g/mol. The maximum absolute atomic E-state index is 11.8. The third-order valence-corrected chi connectivity index (χ3v) is 2.81. The molecule has 0 aliphatic rings. The molecule has 0 aromatic heterocycles. The van der Waals surface area contributed by atoms with Crippen molar-refractivity contribution in [1.82, 2.24) is 5.32 Å². The van der Waals surface area contributed by atoms with E-state index in [4.69, 9.17) is 18.9 Å². The van der Waals surface area contributed by atoms with E-state index in [1.165, 1.54) is 0 Å². The van der Waals surface area contributed by atoms with Gasteiger partial charge >= 0.3 is 18.0 Å². The van der Waals surface area contributed by atoms with Gasteiger partial charge in [0.05, 0.1) is 6.54 Å². The van der Waals surface area contributed by atoms with Crippen LogP contribution in [0.15, 0.2) is 55.6 Å². The van der Waals surface area contributed by atoms with Crippen LogP contribution in [-0.2, 0) is 23.8 Å². The van der Waals surface area contributed by atoms with Gasteiger partial charge in [-0.2, -0.15) is 0 Å². The van der Waals surface area contributed by atoms with Crippen LogP contribution in [0, 0.1) is 0 Å². The molecule has 1 rings (SSSR count). The molecule has 0 radical (unpaired) electrons. The number of esters is 2. The van der Waals surface area contributed by atoms with E-state index in [0.717, 1.165) is 12.2 Å².